The van der Waals surface area contributed by atoms with Crippen molar-refractivity contribution in [2.45, 2.75) is 52.6 Å². The molecular formula is C14H27NO3. The third kappa shape index (κ3) is 4.94. The van der Waals surface area contributed by atoms with Crippen LogP contribution in [0.5, 0.6) is 0 Å². The summed E-state index contributed by atoms with van der Waals surface area (Å²) in [5.41, 5.74) is 0.461. The Morgan fingerprint density at radius 3 is 2.50 bits per heavy atom. The molecule has 0 aliphatic carbocycles. The smallest absolute Gasteiger partial charge is 0.308 e. The molecule has 1 saturated heterocycles. The first kappa shape index (κ1) is 15.4. The van der Waals surface area contributed by atoms with Crippen LogP contribution in [0.2, 0.25) is 0 Å². The number of piperidine rings is 1. The zero-order chi connectivity index (χ0) is 13.6. The summed E-state index contributed by atoms with van der Waals surface area (Å²) in [6, 6.07) is 0. The number of aliphatic hydroxyl groups is 1. The van der Waals surface area contributed by atoms with Crippen molar-refractivity contribution in [1.82, 2.24) is 4.90 Å². The summed E-state index contributed by atoms with van der Waals surface area (Å²) in [6.45, 7) is 9.35. The van der Waals surface area contributed by atoms with Gasteiger partial charge in [-0.15, -0.1) is 0 Å². The first-order chi connectivity index (χ1) is 8.49. The van der Waals surface area contributed by atoms with Gasteiger partial charge in [-0.25, -0.2) is 0 Å². The third-order valence-corrected chi connectivity index (χ3v) is 4.09. The summed E-state index contributed by atoms with van der Waals surface area (Å²) < 4.78 is 4.83. The quantitative estimate of drug-likeness (QED) is 0.737. The summed E-state index contributed by atoms with van der Waals surface area (Å²) in [4.78, 5) is 13.5. The van der Waals surface area contributed by atoms with Gasteiger partial charge in [0, 0.05) is 6.54 Å². The lowest BCUT2D eigenvalue weighted by molar-refractivity contribution is -0.145. The standard InChI is InChI=1S/C14H27NO3/c1-4-14(3)6-8-15(9-7-14)11-12(16)10-13(17)18-5-2/h12,16H,4-11H2,1-3H3. The van der Waals surface area contributed by atoms with E-state index >= 15 is 0 Å². The van der Waals surface area contributed by atoms with E-state index in [-0.39, 0.29) is 12.4 Å². The van der Waals surface area contributed by atoms with Crippen molar-refractivity contribution < 1.29 is 14.6 Å². The topological polar surface area (TPSA) is 49.8 Å². The fourth-order valence-electron chi connectivity index (χ4n) is 2.40. The Kier molecular flexibility index (Phi) is 6.09. The lowest BCUT2D eigenvalue weighted by atomic mass is 9.78. The molecule has 0 amide bonds. The number of hydrogen-bond acceptors (Lipinski definition) is 4. The number of nitrogens with zero attached hydrogens (tertiary/aromatic N) is 1. The summed E-state index contributed by atoms with van der Waals surface area (Å²) in [5, 5.41) is 9.84. The Hall–Kier alpha value is -0.610. The van der Waals surface area contributed by atoms with Gasteiger partial charge in [0.2, 0.25) is 0 Å². The van der Waals surface area contributed by atoms with Gasteiger partial charge in [0.15, 0.2) is 0 Å². The summed E-state index contributed by atoms with van der Waals surface area (Å²) in [7, 11) is 0. The van der Waals surface area contributed by atoms with Crippen molar-refractivity contribution in [1.29, 1.82) is 0 Å². The first-order valence-corrected chi connectivity index (χ1v) is 7.05. The molecule has 1 fully saturated rings. The molecule has 0 bridgehead atoms. The first-order valence-electron chi connectivity index (χ1n) is 7.05. The van der Waals surface area contributed by atoms with Crippen LogP contribution in [0.15, 0.2) is 0 Å². The number of rotatable bonds is 6. The minimum Gasteiger partial charge on any atom is -0.466 e. The molecule has 0 aromatic heterocycles. The van der Waals surface area contributed by atoms with Gasteiger partial charge in [0.05, 0.1) is 19.1 Å². The van der Waals surface area contributed by atoms with E-state index in [1.165, 1.54) is 19.3 Å². The molecule has 0 aromatic rings. The van der Waals surface area contributed by atoms with Crippen LogP contribution in [-0.4, -0.2) is 48.3 Å². The number of esters is 1. The Morgan fingerprint density at radius 2 is 2.00 bits per heavy atom. The van der Waals surface area contributed by atoms with Gasteiger partial charge in [-0.1, -0.05) is 20.3 Å². The molecule has 4 nitrogen and oxygen atoms in total. The molecule has 1 aliphatic rings. The van der Waals surface area contributed by atoms with Gasteiger partial charge in [0.1, 0.15) is 0 Å². The lowest BCUT2D eigenvalue weighted by Crippen LogP contribution is -2.42. The van der Waals surface area contributed by atoms with E-state index in [2.05, 4.69) is 18.7 Å². The molecule has 106 valence electrons. The van der Waals surface area contributed by atoms with Crippen molar-refractivity contribution in [2.75, 3.05) is 26.2 Å². The van der Waals surface area contributed by atoms with Crippen molar-refractivity contribution in [3.05, 3.63) is 0 Å². The zero-order valence-electron chi connectivity index (χ0n) is 11.9. The van der Waals surface area contributed by atoms with E-state index < -0.39 is 6.10 Å². The molecule has 1 unspecified atom stereocenters. The van der Waals surface area contributed by atoms with Gasteiger partial charge in [-0.05, 0) is 38.3 Å². The van der Waals surface area contributed by atoms with E-state index in [0.717, 1.165) is 13.1 Å². The van der Waals surface area contributed by atoms with Crippen LogP contribution in [0.3, 0.4) is 0 Å². The molecule has 1 heterocycles. The van der Waals surface area contributed by atoms with Crippen LogP contribution >= 0.6 is 0 Å². The summed E-state index contributed by atoms with van der Waals surface area (Å²) in [6.07, 6.45) is 3.07. The number of β-amino-alcohol motifs (C(OH)–C–C–N with tert-alkyl or cyclic N) is 1. The highest BCUT2D eigenvalue weighted by Crippen LogP contribution is 2.33. The van der Waals surface area contributed by atoms with Gasteiger partial charge in [0.25, 0.3) is 0 Å². The highest BCUT2D eigenvalue weighted by Gasteiger charge is 2.29. The highest BCUT2D eigenvalue weighted by atomic mass is 16.5. The van der Waals surface area contributed by atoms with Crippen molar-refractivity contribution in [3.63, 3.8) is 0 Å². The van der Waals surface area contributed by atoms with Crippen LogP contribution in [0, 0.1) is 5.41 Å². The van der Waals surface area contributed by atoms with Crippen LogP contribution in [0.4, 0.5) is 0 Å². The van der Waals surface area contributed by atoms with Gasteiger partial charge in [-0.3, -0.25) is 4.79 Å². The molecule has 1 aliphatic heterocycles. The van der Waals surface area contributed by atoms with Crippen LogP contribution in [0.1, 0.15) is 46.5 Å². The summed E-state index contributed by atoms with van der Waals surface area (Å²) in [5.74, 6) is -0.305. The molecule has 4 heteroatoms. The second-order valence-corrected chi connectivity index (χ2v) is 5.63. The fourth-order valence-corrected chi connectivity index (χ4v) is 2.40. The molecule has 1 atom stereocenters. The van der Waals surface area contributed by atoms with Gasteiger partial charge in [-0.2, -0.15) is 0 Å². The molecule has 0 saturated carbocycles. The number of carbonyl (C=O) groups excluding carboxylic acids is 1. The molecular weight excluding hydrogens is 230 g/mol. The second kappa shape index (κ2) is 7.10. The van der Waals surface area contributed by atoms with E-state index in [1.807, 2.05) is 0 Å². The molecule has 18 heavy (non-hydrogen) atoms. The number of ether oxygens (including phenoxy) is 1. The number of carbonyl (C=O) groups is 1. The van der Waals surface area contributed by atoms with E-state index in [0.29, 0.717) is 18.6 Å². The normalized spacial score (nSPS) is 21.6. The Labute approximate surface area is 110 Å². The predicted octanol–water partition coefficient (Wildman–Crippen LogP) is 1.81. The average molecular weight is 257 g/mol. The Bertz CT molecular complexity index is 260. The largest absolute Gasteiger partial charge is 0.466 e. The van der Waals surface area contributed by atoms with Crippen molar-refractivity contribution in [2.24, 2.45) is 5.41 Å². The van der Waals surface area contributed by atoms with Crippen LogP contribution in [-0.2, 0) is 9.53 Å². The van der Waals surface area contributed by atoms with Crippen LogP contribution < -0.4 is 0 Å². The molecule has 0 radical (unpaired) electrons. The number of likely N-dealkylation sites (tertiary alicyclic amines) is 1. The van der Waals surface area contributed by atoms with Crippen LogP contribution in [0.25, 0.3) is 0 Å². The highest BCUT2D eigenvalue weighted by molar-refractivity contribution is 5.69. The SMILES string of the molecule is CCOC(=O)CC(O)CN1CCC(C)(CC)CC1. The average Bonchev–Trinajstić information content (AvgIpc) is 2.32. The van der Waals surface area contributed by atoms with E-state index in [4.69, 9.17) is 4.74 Å². The maximum Gasteiger partial charge on any atom is 0.308 e. The number of aliphatic hydroxyl groups excluding tert-OH is 1. The fraction of sp³-hybridized carbons (Fsp3) is 0.929. The molecule has 1 rings (SSSR count). The number of hydrogen-bond donors (Lipinski definition) is 1. The summed E-state index contributed by atoms with van der Waals surface area (Å²) >= 11 is 0. The van der Waals surface area contributed by atoms with Crippen molar-refractivity contribution >= 4 is 5.97 Å². The van der Waals surface area contributed by atoms with Gasteiger partial charge >= 0.3 is 5.97 Å². The lowest BCUT2D eigenvalue weighted by Gasteiger charge is -2.39. The molecule has 0 spiro atoms. The third-order valence-electron chi connectivity index (χ3n) is 4.09. The minimum absolute atomic E-state index is 0.107. The van der Waals surface area contributed by atoms with Gasteiger partial charge < -0.3 is 14.7 Å². The second-order valence-electron chi connectivity index (χ2n) is 5.63. The maximum absolute atomic E-state index is 11.2. The minimum atomic E-state index is -0.602. The monoisotopic (exact) mass is 257 g/mol. The maximum atomic E-state index is 11.2. The predicted molar refractivity (Wildman–Crippen MR) is 71.3 cm³/mol. The Balaban J connectivity index is 2.26. The van der Waals surface area contributed by atoms with E-state index in [9.17, 15) is 9.90 Å². The molecule has 1 N–H and O–H groups in total. The van der Waals surface area contributed by atoms with Crippen molar-refractivity contribution in [3.8, 4) is 0 Å². The van der Waals surface area contributed by atoms with E-state index in [1.54, 1.807) is 6.92 Å². The zero-order valence-corrected chi connectivity index (χ0v) is 11.9. The Morgan fingerprint density at radius 1 is 1.39 bits per heavy atom. The molecule has 0 aromatic carbocycles.